The van der Waals surface area contributed by atoms with Crippen LogP contribution in [0.4, 0.5) is 5.69 Å². The molecule has 1 saturated carbocycles. The van der Waals surface area contributed by atoms with E-state index in [4.69, 9.17) is 0 Å². The first-order valence-electron chi connectivity index (χ1n) is 9.67. The third kappa shape index (κ3) is 6.02. The summed E-state index contributed by atoms with van der Waals surface area (Å²) in [5, 5.41) is 5.61. The highest BCUT2D eigenvalue weighted by Crippen LogP contribution is 2.24. The van der Waals surface area contributed by atoms with Crippen molar-refractivity contribution < 1.29 is 9.59 Å². The minimum atomic E-state index is -0.171. The van der Waals surface area contributed by atoms with E-state index in [1.165, 1.54) is 30.2 Å². The number of benzene rings is 1. The summed E-state index contributed by atoms with van der Waals surface area (Å²) in [4.78, 5) is 26.5. The van der Waals surface area contributed by atoms with Crippen LogP contribution in [-0.2, 0) is 16.0 Å². The summed E-state index contributed by atoms with van der Waals surface area (Å²) in [7, 11) is 0. The zero-order valence-electron chi connectivity index (χ0n) is 15.3. The molecule has 142 valence electrons. The van der Waals surface area contributed by atoms with Crippen molar-refractivity contribution >= 4 is 29.3 Å². The Kier molecular flexibility index (Phi) is 7.38. The fourth-order valence-corrected chi connectivity index (χ4v) is 4.55. The molecule has 5 nitrogen and oxygen atoms in total. The molecule has 2 N–H and O–H groups in total. The molecule has 3 rings (SSSR count). The summed E-state index contributed by atoms with van der Waals surface area (Å²) in [6, 6.07) is 8.03. The Morgan fingerprint density at radius 2 is 1.77 bits per heavy atom. The number of carbonyl (C=O) groups excluding carboxylic acids is 2. The monoisotopic (exact) mass is 375 g/mol. The second-order valence-electron chi connectivity index (χ2n) is 7.15. The van der Waals surface area contributed by atoms with Gasteiger partial charge in [-0.25, -0.2) is 0 Å². The van der Waals surface area contributed by atoms with Crippen LogP contribution < -0.4 is 10.6 Å². The van der Waals surface area contributed by atoms with Gasteiger partial charge >= 0.3 is 0 Å². The van der Waals surface area contributed by atoms with Crippen molar-refractivity contribution in [3.05, 3.63) is 29.8 Å². The van der Waals surface area contributed by atoms with Crippen molar-refractivity contribution in [3.8, 4) is 0 Å². The van der Waals surface area contributed by atoms with Crippen LogP contribution in [0.1, 0.15) is 31.2 Å². The highest BCUT2D eigenvalue weighted by Gasteiger charge is 2.22. The van der Waals surface area contributed by atoms with Gasteiger partial charge < -0.3 is 15.5 Å². The molecule has 26 heavy (non-hydrogen) atoms. The average Bonchev–Trinajstić information content (AvgIpc) is 3.21. The maximum Gasteiger partial charge on any atom is 0.243 e. The molecule has 2 fully saturated rings. The molecule has 1 aliphatic heterocycles. The van der Waals surface area contributed by atoms with E-state index in [0.717, 1.165) is 44.3 Å². The predicted octanol–water partition coefficient (Wildman–Crippen LogP) is 2.52. The lowest BCUT2D eigenvalue weighted by Gasteiger charge is -2.26. The third-order valence-corrected chi connectivity index (χ3v) is 6.15. The van der Waals surface area contributed by atoms with E-state index < -0.39 is 0 Å². The molecule has 1 aromatic rings. The number of anilines is 1. The number of thioether (sulfide) groups is 1. The molecular weight excluding hydrogens is 346 g/mol. The van der Waals surface area contributed by atoms with Crippen LogP contribution in [-0.4, -0.2) is 54.4 Å². The molecule has 6 heteroatoms. The van der Waals surface area contributed by atoms with Gasteiger partial charge in [0, 0.05) is 42.7 Å². The Hall–Kier alpha value is -1.53. The van der Waals surface area contributed by atoms with Gasteiger partial charge in [0.25, 0.3) is 0 Å². The van der Waals surface area contributed by atoms with Crippen LogP contribution in [0.3, 0.4) is 0 Å². The fourth-order valence-electron chi connectivity index (χ4n) is 3.57. The number of amides is 2. The molecule has 2 amide bonds. The summed E-state index contributed by atoms with van der Waals surface area (Å²) < 4.78 is 0. The highest BCUT2D eigenvalue weighted by atomic mass is 32.2. The minimum Gasteiger partial charge on any atom is -0.347 e. The summed E-state index contributed by atoms with van der Waals surface area (Å²) in [6.45, 7) is 3.51. The molecular formula is C20H29N3O2S. The summed E-state index contributed by atoms with van der Waals surface area (Å²) in [5.74, 6) is 2.42. The lowest BCUT2D eigenvalue weighted by molar-refractivity contribution is -0.127. The number of nitrogens with zero attached hydrogens (tertiary/aromatic N) is 1. The molecule has 1 heterocycles. The van der Waals surface area contributed by atoms with Crippen LogP contribution in [0.2, 0.25) is 0 Å². The molecule has 0 atom stereocenters. The van der Waals surface area contributed by atoms with Crippen molar-refractivity contribution in [3.63, 3.8) is 0 Å². The quantitative estimate of drug-likeness (QED) is 0.769. The Labute approximate surface area is 160 Å². The molecule has 0 unspecified atom stereocenters. The Balaban J connectivity index is 1.37. The largest absolute Gasteiger partial charge is 0.347 e. The smallest absolute Gasteiger partial charge is 0.243 e. The molecule has 2 aliphatic rings. The van der Waals surface area contributed by atoms with E-state index in [-0.39, 0.29) is 24.3 Å². The number of carbonyl (C=O) groups is 2. The normalized spacial score (nSPS) is 18.6. The van der Waals surface area contributed by atoms with Crippen molar-refractivity contribution in [1.82, 2.24) is 10.2 Å². The first-order valence-corrected chi connectivity index (χ1v) is 10.8. The zero-order chi connectivity index (χ0) is 18.2. The van der Waals surface area contributed by atoms with Gasteiger partial charge in [0.1, 0.15) is 0 Å². The van der Waals surface area contributed by atoms with Crippen molar-refractivity contribution in [2.75, 3.05) is 43.0 Å². The van der Waals surface area contributed by atoms with E-state index in [9.17, 15) is 9.59 Å². The third-order valence-electron chi connectivity index (χ3n) is 5.21. The highest BCUT2D eigenvalue weighted by molar-refractivity contribution is 7.99. The molecule has 1 aliphatic carbocycles. The molecule has 0 radical (unpaired) electrons. The SMILES string of the molecule is O=C(CNC(=O)C1CCCC1)Nc1ccc(CCN2CCSCC2)cc1. The molecule has 1 aromatic carbocycles. The minimum absolute atomic E-state index is 0.0177. The van der Waals surface area contributed by atoms with E-state index in [2.05, 4.69) is 27.7 Å². The standard InChI is InChI=1S/C20H29N3O2S/c24-19(15-21-20(25)17-3-1-2-4-17)22-18-7-5-16(6-8-18)9-10-23-11-13-26-14-12-23/h5-8,17H,1-4,9-15H2,(H,21,25)(H,22,24). The molecule has 0 spiro atoms. The first-order chi connectivity index (χ1) is 12.7. The van der Waals surface area contributed by atoms with Gasteiger partial charge in [-0.05, 0) is 37.0 Å². The van der Waals surface area contributed by atoms with E-state index >= 15 is 0 Å². The summed E-state index contributed by atoms with van der Waals surface area (Å²) in [5.41, 5.74) is 2.07. The Bertz CT molecular complexity index is 594. The lowest BCUT2D eigenvalue weighted by Crippen LogP contribution is -2.36. The van der Waals surface area contributed by atoms with Crippen LogP contribution in [0.5, 0.6) is 0 Å². The van der Waals surface area contributed by atoms with Gasteiger partial charge in [0.2, 0.25) is 11.8 Å². The second kappa shape index (κ2) is 9.97. The zero-order valence-corrected chi connectivity index (χ0v) is 16.2. The van der Waals surface area contributed by atoms with Crippen molar-refractivity contribution in [2.45, 2.75) is 32.1 Å². The van der Waals surface area contributed by atoms with E-state index in [0.29, 0.717) is 0 Å². The van der Waals surface area contributed by atoms with Crippen LogP contribution in [0.25, 0.3) is 0 Å². The van der Waals surface area contributed by atoms with Gasteiger partial charge in [-0.1, -0.05) is 25.0 Å². The second-order valence-corrected chi connectivity index (χ2v) is 8.37. The van der Waals surface area contributed by atoms with Crippen molar-refractivity contribution in [1.29, 1.82) is 0 Å². The van der Waals surface area contributed by atoms with Crippen LogP contribution >= 0.6 is 11.8 Å². The van der Waals surface area contributed by atoms with Gasteiger partial charge in [-0.15, -0.1) is 0 Å². The van der Waals surface area contributed by atoms with Gasteiger partial charge in [-0.2, -0.15) is 11.8 Å². The fraction of sp³-hybridized carbons (Fsp3) is 0.600. The van der Waals surface area contributed by atoms with Crippen molar-refractivity contribution in [2.24, 2.45) is 5.92 Å². The first kappa shape index (κ1) is 19.2. The number of nitrogens with one attached hydrogen (secondary N) is 2. The summed E-state index contributed by atoms with van der Waals surface area (Å²) in [6.07, 6.45) is 5.17. The number of hydrogen-bond acceptors (Lipinski definition) is 4. The number of rotatable bonds is 7. The van der Waals surface area contributed by atoms with Gasteiger partial charge in [0.05, 0.1) is 6.54 Å². The molecule has 0 aromatic heterocycles. The molecule has 1 saturated heterocycles. The maximum absolute atomic E-state index is 12.0. The van der Waals surface area contributed by atoms with Crippen LogP contribution in [0.15, 0.2) is 24.3 Å². The van der Waals surface area contributed by atoms with Gasteiger partial charge in [0.15, 0.2) is 0 Å². The topological polar surface area (TPSA) is 61.4 Å². The Morgan fingerprint density at radius 1 is 1.08 bits per heavy atom. The van der Waals surface area contributed by atoms with Gasteiger partial charge in [-0.3, -0.25) is 9.59 Å². The van der Waals surface area contributed by atoms with E-state index in [1.807, 2.05) is 23.9 Å². The van der Waals surface area contributed by atoms with E-state index in [1.54, 1.807) is 0 Å². The predicted molar refractivity (Wildman–Crippen MR) is 108 cm³/mol. The number of hydrogen-bond donors (Lipinski definition) is 2. The summed E-state index contributed by atoms with van der Waals surface area (Å²) >= 11 is 2.03. The van der Waals surface area contributed by atoms with Crippen LogP contribution in [0, 0.1) is 5.92 Å². The maximum atomic E-state index is 12.0. The molecule has 0 bridgehead atoms. The average molecular weight is 376 g/mol. The Morgan fingerprint density at radius 3 is 2.46 bits per heavy atom. The lowest BCUT2D eigenvalue weighted by atomic mass is 10.1.